The number of hydrogen-bond donors (Lipinski definition) is 1. The van der Waals surface area contributed by atoms with Crippen molar-refractivity contribution in [1.29, 1.82) is 0 Å². The highest BCUT2D eigenvalue weighted by atomic mass is 32.2. The minimum absolute atomic E-state index is 0.0687. The van der Waals surface area contributed by atoms with Crippen LogP contribution in [0.5, 0.6) is 0 Å². The normalized spacial score (nSPS) is 10.5. The number of benzene rings is 2. The number of thioether (sulfide) groups is 1. The highest BCUT2D eigenvalue weighted by Crippen LogP contribution is 2.30. The maximum Gasteiger partial charge on any atom is 0.339 e. The van der Waals surface area contributed by atoms with Gasteiger partial charge in [-0.3, -0.25) is 4.79 Å². The van der Waals surface area contributed by atoms with Gasteiger partial charge in [0, 0.05) is 11.8 Å². The third-order valence-electron chi connectivity index (χ3n) is 4.41. The molecule has 160 valence electrons. The molecule has 0 saturated carbocycles. The summed E-state index contributed by atoms with van der Waals surface area (Å²) in [5.41, 5.74) is 2.14. The number of nitrogens with zero attached hydrogens (tertiary/aromatic N) is 3. The lowest BCUT2D eigenvalue weighted by atomic mass is 10.2. The van der Waals surface area contributed by atoms with Crippen molar-refractivity contribution in [1.82, 2.24) is 15.1 Å². The van der Waals surface area contributed by atoms with Gasteiger partial charge in [-0.05, 0) is 24.3 Å². The van der Waals surface area contributed by atoms with E-state index in [9.17, 15) is 9.59 Å². The Morgan fingerprint density at radius 3 is 2.62 bits per heavy atom. The number of rotatable bonds is 7. The van der Waals surface area contributed by atoms with E-state index >= 15 is 0 Å². The van der Waals surface area contributed by atoms with E-state index in [1.165, 1.54) is 18.9 Å². The fraction of sp³-hybridized carbons (Fsp3) is 0.0870. The van der Waals surface area contributed by atoms with Gasteiger partial charge >= 0.3 is 5.97 Å². The minimum Gasteiger partial charge on any atom is -0.465 e. The highest BCUT2D eigenvalue weighted by Gasteiger charge is 2.17. The molecule has 1 N–H and O–H groups in total. The Morgan fingerprint density at radius 1 is 1.03 bits per heavy atom. The summed E-state index contributed by atoms with van der Waals surface area (Å²) in [6, 6.07) is 19.7. The average molecular weight is 446 g/mol. The molecule has 0 aliphatic carbocycles. The van der Waals surface area contributed by atoms with Gasteiger partial charge in [-0.25, -0.2) is 9.78 Å². The number of hydrogen-bond acceptors (Lipinski definition) is 8. The van der Waals surface area contributed by atoms with Crippen LogP contribution in [0.2, 0.25) is 0 Å². The van der Waals surface area contributed by atoms with Gasteiger partial charge in [0.05, 0.1) is 29.7 Å². The van der Waals surface area contributed by atoms with Gasteiger partial charge in [-0.2, -0.15) is 4.98 Å². The van der Waals surface area contributed by atoms with Gasteiger partial charge in [0.15, 0.2) is 0 Å². The second-order valence-electron chi connectivity index (χ2n) is 6.52. The zero-order valence-electron chi connectivity index (χ0n) is 17.0. The molecular weight excluding hydrogens is 428 g/mol. The van der Waals surface area contributed by atoms with Crippen LogP contribution in [0.1, 0.15) is 10.4 Å². The Kier molecular flexibility index (Phi) is 6.57. The maximum absolute atomic E-state index is 12.5. The van der Waals surface area contributed by atoms with E-state index in [2.05, 4.69) is 20.4 Å². The molecular formula is C23H18N4O4S. The van der Waals surface area contributed by atoms with Crippen molar-refractivity contribution in [3.05, 3.63) is 78.5 Å². The van der Waals surface area contributed by atoms with E-state index < -0.39 is 5.97 Å². The molecule has 32 heavy (non-hydrogen) atoms. The van der Waals surface area contributed by atoms with Crippen LogP contribution in [0.3, 0.4) is 0 Å². The SMILES string of the molecule is COC(=O)c1ccccc1NC(=O)CSc1ncccc1-c1nc(-c2ccccc2)no1. The van der Waals surface area contributed by atoms with Crippen molar-refractivity contribution in [2.24, 2.45) is 0 Å². The Hall–Kier alpha value is -3.98. The maximum atomic E-state index is 12.5. The topological polar surface area (TPSA) is 107 Å². The van der Waals surface area contributed by atoms with Crippen molar-refractivity contribution in [3.8, 4) is 22.8 Å². The van der Waals surface area contributed by atoms with Gasteiger partial charge in [0.2, 0.25) is 11.7 Å². The summed E-state index contributed by atoms with van der Waals surface area (Å²) in [7, 11) is 1.29. The first-order valence-corrected chi connectivity index (χ1v) is 10.6. The summed E-state index contributed by atoms with van der Waals surface area (Å²) in [5.74, 6) is 0.0391. The van der Waals surface area contributed by atoms with Crippen LogP contribution in [-0.2, 0) is 9.53 Å². The summed E-state index contributed by atoms with van der Waals surface area (Å²) >= 11 is 1.23. The standard InChI is InChI=1S/C23H18N4O4S/c1-30-23(29)16-10-5-6-12-18(16)25-19(28)14-32-22-17(11-7-13-24-22)21-26-20(27-31-21)15-8-3-2-4-9-15/h2-13H,14H2,1H3,(H,25,28). The molecule has 0 radical (unpaired) electrons. The van der Waals surface area contributed by atoms with Gasteiger partial charge in [0.1, 0.15) is 5.03 Å². The predicted molar refractivity (Wildman–Crippen MR) is 120 cm³/mol. The van der Waals surface area contributed by atoms with E-state index in [-0.39, 0.29) is 17.2 Å². The molecule has 4 aromatic rings. The third kappa shape index (κ3) is 4.84. The van der Waals surface area contributed by atoms with Crippen LogP contribution in [0, 0.1) is 0 Å². The highest BCUT2D eigenvalue weighted by molar-refractivity contribution is 8.00. The second kappa shape index (κ2) is 9.88. The number of amides is 1. The molecule has 0 aliphatic heterocycles. The van der Waals surface area contributed by atoms with Crippen LogP contribution in [-0.4, -0.2) is 39.9 Å². The molecule has 2 aromatic heterocycles. The van der Waals surface area contributed by atoms with Gasteiger partial charge in [-0.15, -0.1) is 0 Å². The zero-order chi connectivity index (χ0) is 22.3. The predicted octanol–water partition coefficient (Wildman–Crippen LogP) is 4.32. The van der Waals surface area contributed by atoms with Crippen molar-refractivity contribution in [3.63, 3.8) is 0 Å². The molecule has 2 heterocycles. The smallest absolute Gasteiger partial charge is 0.339 e. The van der Waals surface area contributed by atoms with E-state index in [1.807, 2.05) is 36.4 Å². The van der Waals surface area contributed by atoms with E-state index in [4.69, 9.17) is 9.26 Å². The lowest BCUT2D eigenvalue weighted by Gasteiger charge is -2.09. The lowest BCUT2D eigenvalue weighted by Crippen LogP contribution is -2.17. The van der Waals surface area contributed by atoms with Crippen molar-refractivity contribution in [2.45, 2.75) is 5.03 Å². The number of anilines is 1. The monoisotopic (exact) mass is 446 g/mol. The van der Waals surface area contributed by atoms with Crippen LogP contribution in [0.25, 0.3) is 22.8 Å². The Bertz CT molecular complexity index is 1240. The molecule has 0 bridgehead atoms. The molecule has 1 amide bonds. The summed E-state index contributed by atoms with van der Waals surface area (Å²) in [4.78, 5) is 33.2. The summed E-state index contributed by atoms with van der Waals surface area (Å²) in [6.45, 7) is 0. The molecule has 9 heteroatoms. The number of ether oxygens (including phenoxy) is 1. The van der Waals surface area contributed by atoms with Crippen LogP contribution in [0.15, 0.2) is 82.5 Å². The number of aromatic nitrogens is 3. The first-order valence-electron chi connectivity index (χ1n) is 9.60. The number of methoxy groups -OCH3 is 1. The molecule has 0 saturated heterocycles. The van der Waals surface area contributed by atoms with Crippen molar-refractivity contribution < 1.29 is 18.8 Å². The molecule has 2 aromatic carbocycles. The Labute approximate surface area is 188 Å². The number of nitrogens with one attached hydrogen (secondary N) is 1. The first-order chi connectivity index (χ1) is 15.7. The van der Waals surface area contributed by atoms with Crippen LogP contribution in [0.4, 0.5) is 5.69 Å². The number of para-hydroxylation sites is 1. The number of carbonyl (C=O) groups excluding carboxylic acids is 2. The number of esters is 1. The van der Waals surface area contributed by atoms with E-state index in [0.717, 1.165) is 5.56 Å². The minimum atomic E-state index is -0.522. The Balaban J connectivity index is 1.47. The van der Waals surface area contributed by atoms with Gasteiger partial charge in [0.25, 0.3) is 5.89 Å². The van der Waals surface area contributed by atoms with Crippen LogP contribution < -0.4 is 5.32 Å². The van der Waals surface area contributed by atoms with Crippen molar-refractivity contribution in [2.75, 3.05) is 18.2 Å². The number of pyridine rings is 1. The first kappa shape index (κ1) is 21.3. The summed E-state index contributed by atoms with van der Waals surface area (Å²) < 4.78 is 10.2. The zero-order valence-corrected chi connectivity index (χ0v) is 17.8. The molecule has 0 spiro atoms. The molecule has 0 fully saturated rings. The molecule has 4 rings (SSSR count). The quantitative estimate of drug-likeness (QED) is 0.330. The Morgan fingerprint density at radius 2 is 1.81 bits per heavy atom. The molecule has 0 unspecified atom stereocenters. The lowest BCUT2D eigenvalue weighted by molar-refractivity contribution is -0.113. The fourth-order valence-electron chi connectivity index (χ4n) is 2.91. The summed E-state index contributed by atoms with van der Waals surface area (Å²) in [6.07, 6.45) is 1.63. The van der Waals surface area contributed by atoms with E-state index in [1.54, 1.807) is 36.5 Å². The third-order valence-corrected chi connectivity index (χ3v) is 5.41. The summed E-state index contributed by atoms with van der Waals surface area (Å²) in [5, 5.41) is 7.36. The molecule has 8 nitrogen and oxygen atoms in total. The fourth-order valence-corrected chi connectivity index (χ4v) is 3.69. The largest absolute Gasteiger partial charge is 0.465 e. The van der Waals surface area contributed by atoms with Gasteiger partial charge in [-0.1, -0.05) is 59.4 Å². The number of carbonyl (C=O) groups is 2. The molecule has 0 aliphatic rings. The van der Waals surface area contributed by atoms with Crippen LogP contribution >= 0.6 is 11.8 Å². The second-order valence-corrected chi connectivity index (χ2v) is 7.48. The van der Waals surface area contributed by atoms with E-state index in [0.29, 0.717) is 28.0 Å². The average Bonchev–Trinajstić information content (AvgIpc) is 3.33. The van der Waals surface area contributed by atoms with Crippen molar-refractivity contribution >= 4 is 29.3 Å². The molecule has 0 atom stereocenters. The van der Waals surface area contributed by atoms with Gasteiger partial charge < -0.3 is 14.6 Å².